The molecule has 0 radical (unpaired) electrons. The molecule has 2 amide bonds. The number of fused-ring (bicyclic) bond motifs is 7. The molecule has 11 nitrogen and oxygen atoms in total. The Morgan fingerprint density at radius 3 is 2.81 bits per heavy atom. The zero-order chi connectivity index (χ0) is 37.4. The molecule has 286 valence electrons. The lowest BCUT2D eigenvalue weighted by Crippen LogP contribution is -2.50. The maximum absolute atomic E-state index is 15.0. The summed E-state index contributed by atoms with van der Waals surface area (Å²) >= 11 is 6.55. The van der Waals surface area contributed by atoms with Gasteiger partial charge in [0.2, 0.25) is 0 Å². The normalized spacial score (nSPS) is 34.8. The fourth-order valence-corrected chi connectivity index (χ4v) is 11.6. The number of halogens is 1. The van der Waals surface area contributed by atoms with E-state index in [4.69, 9.17) is 30.8 Å². The third kappa shape index (κ3) is 6.36. The van der Waals surface area contributed by atoms with E-state index in [9.17, 15) is 13.8 Å². The van der Waals surface area contributed by atoms with Gasteiger partial charge in [0.25, 0.3) is 5.91 Å². The van der Waals surface area contributed by atoms with Gasteiger partial charge >= 0.3 is 5.91 Å². The van der Waals surface area contributed by atoms with Gasteiger partial charge in [0, 0.05) is 49.1 Å². The number of pyridine rings is 1. The van der Waals surface area contributed by atoms with Crippen LogP contribution in [0, 0.1) is 23.7 Å². The Balaban J connectivity index is 1.12. The van der Waals surface area contributed by atoms with E-state index in [2.05, 4.69) is 38.3 Å². The van der Waals surface area contributed by atoms with Crippen molar-refractivity contribution in [1.29, 1.82) is 0 Å². The quantitative estimate of drug-likeness (QED) is 0.292. The van der Waals surface area contributed by atoms with Gasteiger partial charge < -0.3 is 23.7 Å². The molecule has 9 atom stereocenters. The van der Waals surface area contributed by atoms with E-state index in [1.54, 1.807) is 38.4 Å². The number of aromatic nitrogens is 2. The highest BCUT2D eigenvalue weighted by atomic mass is 35.5. The molecule has 2 saturated carbocycles. The van der Waals surface area contributed by atoms with Crippen LogP contribution in [0.25, 0.3) is 0 Å². The molecule has 54 heavy (non-hydrogen) atoms. The molecule has 6 aliphatic rings. The first-order valence-electron chi connectivity index (χ1n) is 19.3. The number of anilines is 1. The van der Waals surface area contributed by atoms with Gasteiger partial charge in [-0.25, -0.2) is 9.19 Å². The predicted octanol–water partition coefficient (Wildman–Crippen LogP) is 6.69. The van der Waals surface area contributed by atoms with Gasteiger partial charge in [0.05, 0.1) is 36.7 Å². The maximum atomic E-state index is 15.0. The molecule has 1 aromatic carbocycles. The molecule has 3 aromatic rings. The van der Waals surface area contributed by atoms with E-state index in [1.165, 1.54) is 11.1 Å². The molecule has 1 unspecified atom stereocenters. The maximum Gasteiger partial charge on any atom is 0.305 e. The van der Waals surface area contributed by atoms with Crippen LogP contribution >= 0.6 is 11.6 Å². The Labute approximate surface area is 322 Å². The van der Waals surface area contributed by atoms with Gasteiger partial charge in [-0.1, -0.05) is 36.7 Å². The fraction of sp³-hybridized carbons (Fsp3) is 0.537. The molecule has 3 aliphatic heterocycles. The molecular formula is C41H48ClN5O6S. The monoisotopic (exact) mass is 773 g/mol. The van der Waals surface area contributed by atoms with Gasteiger partial charge in [-0.05, 0) is 110 Å². The lowest BCUT2D eigenvalue weighted by atomic mass is 9.68. The van der Waals surface area contributed by atoms with Gasteiger partial charge in [-0.15, -0.1) is 4.36 Å². The van der Waals surface area contributed by atoms with Crippen LogP contribution in [0.15, 0.2) is 59.1 Å². The van der Waals surface area contributed by atoms with Gasteiger partial charge in [0.15, 0.2) is 11.6 Å². The minimum Gasteiger partial charge on any atom is -0.489 e. The number of methoxy groups -OCH3 is 1. The summed E-state index contributed by atoms with van der Waals surface area (Å²) in [6, 6.07) is 11.4. The number of ether oxygens (including phenoxy) is 3. The van der Waals surface area contributed by atoms with Crippen molar-refractivity contribution in [3.8, 4) is 5.75 Å². The summed E-state index contributed by atoms with van der Waals surface area (Å²) in [5.41, 5.74) is 3.59. The van der Waals surface area contributed by atoms with Crippen LogP contribution in [0.4, 0.5) is 5.82 Å². The summed E-state index contributed by atoms with van der Waals surface area (Å²) in [5, 5.41) is 0.0790. The summed E-state index contributed by atoms with van der Waals surface area (Å²) in [4.78, 5) is 35.2. The zero-order valence-corrected chi connectivity index (χ0v) is 32.6. The Kier molecular flexibility index (Phi) is 9.18. The lowest BCUT2D eigenvalue weighted by molar-refractivity contribution is 0.0131. The Bertz CT molecular complexity index is 2140. The third-order valence-electron chi connectivity index (χ3n) is 13.1. The van der Waals surface area contributed by atoms with Crippen molar-refractivity contribution in [3.63, 3.8) is 0 Å². The SMILES string of the molecule is CO[C@H]1/C=C/C[C@H](C)[C@@H](C)S(=O)(NC(=O)c2cc3n(c2)CCOC3)=NC(=O)c2ccc3c(n2)N(C[C@@H]2CC[C@H]21)C[C@]1(CO3)C[C@@H]2C[C@@H]2c2cc(Cl)ccc21. The molecule has 0 saturated heterocycles. The number of nitrogens with zero attached hydrogens (tertiary/aromatic N) is 4. The summed E-state index contributed by atoms with van der Waals surface area (Å²) in [6.07, 6.45) is 10.7. The van der Waals surface area contributed by atoms with E-state index in [0.717, 1.165) is 42.9 Å². The lowest BCUT2D eigenvalue weighted by Gasteiger charge is -2.45. The number of amides is 2. The molecule has 3 aliphatic carbocycles. The first-order chi connectivity index (χ1) is 26.0. The van der Waals surface area contributed by atoms with Crippen LogP contribution in [-0.4, -0.2) is 70.3 Å². The first-order valence-corrected chi connectivity index (χ1v) is 21.3. The van der Waals surface area contributed by atoms with Crippen LogP contribution in [0.2, 0.25) is 5.02 Å². The third-order valence-corrected chi connectivity index (χ3v) is 15.7. The van der Waals surface area contributed by atoms with Gasteiger partial charge in [0.1, 0.15) is 15.6 Å². The molecule has 2 aromatic heterocycles. The highest BCUT2D eigenvalue weighted by Crippen LogP contribution is 2.61. The van der Waals surface area contributed by atoms with Gasteiger partial charge in [-0.3, -0.25) is 14.3 Å². The Hall–Kier alpha value is -3.71. The molecule has 5 heterocycles. The Morgan fingerprint density at radius 1 is 1.15 bits per heavy atom. The van der Waals surface area contributed by atoms with E-state index >= 15 is 0 Å². The highest BCUT2D eigenvalue weighted by molar-refractivity contribution is 7.93. The van der Waals surface area contributed by atoms with E-state index in [-0.39, 0.29) is 23.1 Å². The van der Waals surface area contributed by atoms with Gasteiger partial charge in [-0.2, -0.15) is 0 Å². The zero-order valence-electron chi connectivity index (χ0n) is 31.0. The van der Waals surface area contributed by atoms with Crippen molar-refractivity contribution < 1.29 is 28.0 Å². The van der Waals surface area contributed by atoms with Crippen LogP contribution in [0.5, 0.6) is 5.75 Å². The second-order valence-electron chi connectivity index (χ2n) is 16.4. The number of hydrogen-bond acceptors (Lipinski definition) is 8. The molecule has 9 rings (SSSR count). The number of carbonyl (C=O) groups excluding carboxylic acids is 2. The topological polar surface area (TPSA) is 124 Å². The number of rotatable bonds is 3. The second-order valence-corrected chi connectivity index (χ2v) is 19.1. The van der Waals surface area contributed by atoms with Crippen molar-refractivity contribution in [2.24, 2.45) is 28.0 Å². The van der Waals surface area contributed by atoms with Crippen molar-refractivity contribution in [1.82, 2.24) is 14.3 Å². The largest absolute Gasteiger partial charge is 0.489 e. The number of benzene rings is 1. The minimum absolute atomic E-state index is 0.0570. The van der Waals surface area contributed by atoms with E-state index < -0.39 is 27.0 Å². The van der Waals surface area contributed by atoms with Crippen LogP contribution in [0.1, 0.15) is 89.5 Å². The minimum atomic E-state index is -3.65. The highest BCUT2D eigenvalue weighted by Gasteiger charge is 2.54. The predicted molar refractivity (Wildman–Crippen MR) is 206 cm³/mol. The molecule has 13 heteroatoms. The Morgan fingerprint density at radius 2 is 2.02 bits per heavy atom. The molecular weight excluding hydrogens is 726 g/mol. The number of nitrogens with one attached hydrogen (secondary N) is 1. The van der Waals surface area contributed by atoms with Crippen LogP contribution in [-0.2, 0) is 38.0 Å². The van der Waals surface area contributed by atoms with E-state index in [0.29, 0.717) is 80.1 Å². The summed E-state index contributed by atoms with van der Waals surface area (Å²) < 4.78 is 42.4. The molecule has 2 bridgehead atoms. The van der Waals surface area contributed by atoms with Crippen LogP contribution < -0.4 is 14.4 Å². The van der Waals surface area contributed by atoms with Crippen LogP contribution in [0.3, 0.4) is 0 Å². The van der Waals surface area contributed by atoms with E-state index in [1.807, 2.05) is 17.6 Å². The van der Waals surface area contributed by atoms with Crippen molar-refractivity contribution in [3.05, 3.63) is 87.8 Å². The van der Waals surface area contributed by atoms with Crippen molar-refractivity contribution >= 4 is 39.1 Å². The molecule has 1 spiro atoms. The average Bonchev–Trinajstić information content (AvgIpc) is 3.83. The number of allylic oxidation sites excluding steroid dienone is 1. The molecule has 1 N–H and O–H groups in total. The summed E-state index contributed by atoms with van der Waals surface area (Å²) in [6.45, 7) is 7.20. The summed E-state index contributed by atoms with van der Waals surface area (Å²) in [5.74, 6) is 1.48. The first kappa shape index (κ1) is 36.0. The standard InChI is InChI=1S/C41H48ClN5O6S/c1-24-5-4-6-36(51-3)31-9-7-26(31)19-47-22-41(18-27-16-32(27)33-17-29(42)8-10-34(33)41)23-53-37-12-11-35(43-38(37)47)40(49)45-54(50,25(24)2)44-39(48)28-15-30-21-52-14-13-46(30)20-28/h4,6,8,10-12,15,17,20,24-27,31-32,36H,5,7,9,13-14,16,18-19,21-23H2,1-3H3,(H,44,45,48,49,50)/b6-4+/t24-,25+,26-,27-,31+,32-,36-,41-,54?/m0/s1. The second kappa shape index (κ2) is 13.8. The van der Waals surface area contributed by atoms with Crippen molar-refractivity contribution in [2.45, 2.75) is 81.8 Å². The summed E-state index contributed by atoms with van der Waals surface area (Å²) in [7, 11) is -1.88. The number of hydrogen-bond donors (Lipinski definition) is 1. The van der Waals surface area contributed by atoms with Crippen molar-refractivity contribution in [2.75, 3.05) is 38.3 Å². The smallest absolute Gasteiger partial charge is 0.305 e. The number of carbonyl (C=O) groups is 2. The fourth-order valence-electron chi connectivity index (χ4n) is 9.60. The molecule has 2 fully saturated rings. The average molecular weight is 774 g/mol.